The summed E-state index contributed by atoms with van der Waals surface area (Å²) in [5, 5.41) is 6.98. The van der Waals surface area contributed by atoms with Gasteiger partial charge in [-0.1, -0.05) is 37.0 Å². The van der Waals surface area contributed by atoms with Crippen molar-refractivity contribution in [2.45, 2.75) is 32.7 Å². The van der Waals surface area contributed by atoms with Gasteiger partial charge in [-0.2, -0.15) is 5.10 Å². The Morgan fingerprint density at radius 1 is 1.48 bits per heavy atom. The van der Waals surface area contributed by atoms with Crippen LogP contribution in [0.4, 0.5) is 8.78 Å². The molecule has 4 nitrogen and oxygen atoms in total. The Balaban J connectivity index is 2.97. The van der Waals surface area contributed by atoms with Gasteiger partial charge in [-0.25, -0.2) is 8.78 Å². The molecule has 0 radical (unpaired) electrons. The van der Waals surface area contributed by atoms with Crippen molar-refractivity contribution in [2.75, 3.05) is 0 Å². The van der Waals surface area contributed by atoms with Gasteiger partial charge in [-0.05, 0) is 44.1 Å². The number of amides is 1. The second-order valence-electron chi connectivity index (χ2n) is 5.83. The summed E-state index contributed by atoms with van der Waals surface area (Å²) in [6, 6.07) is 1.25. The lowest BCUT2D eigenvalue weighted by Crippen LogP contribution is -2.12. The normalized spacial score (nSPS) is 13.9. The Kier molecular flexibility index (Phi) is 9.82. The number of halogens is 2. The van der Waals surface area contributed by atoms with E-state index in [0.29, 0.717) is 35.1 Å². The molecule has 1 amide bonds. The van der Waals surface area contributed by atoms with E-state index >= 15 is 0 Å². The molecule has 0 aromatic carbocycles. The van der Waals surface area contributed by atoms with Crippen LogP contribution >= 0.6 is 12.2 Å². The van der Waals surface area contributed by atoms with Crippen molar-refractivity contribution in [3.05, 3.63) is 82.9 Å². The molecule has 0 aliphatic carbocycles. The van der Waals surface area contributed by atoms with Gasteiger partial charge in [0.15, 0.2) is 0 Å². The van der Waals surface area contributed by atoms with Crippen LogP contribution in [0.1, 0.15) is 32.0 Å². The number of rotatable bonds is 10. The zero-order valence-corrected chi connectivity index (χ0v) is 16.2. The van der Waals surface area contributed by atoms with Crippen molar-refractivity contribution >= 4 is 18.6 Å². The fraction of sp³-hybridized carbons (Fsp3) is 0.250. The van der Waals surface area contributed by atoms with E-state index in [1.165, 1.54) is 19.1 Å². The Morgan fingerprint density at radius 3 is 2.85 bits per heavy atom. The molecule has 144 valence electrons. The smallest absolute Gasteiger partial charge is 0.211 e. The van der Waals surface area contributed by atoms with Crippen LogP contribution in [0.5, 0.6) is 0 Å². The van der Waals surface area contributed by atoms with Crippen LogP contribution in [-0.4, -0.2) is 16.2 Å². The van der Waals surface area contributed by atoms with Crippen LogP contribution in [0.15, 0.2) is 72.6 Å². The van der Waals surface area contributed by atoms with Gasteiger partial charge < -0.3 is 5.32 Å². The highest BCUT2D eigenvalue weighted by molar-refractivity contribution is 7.71. The summed E-state index contributed by atoms with van der Waals surface area (Å²) in [5.74, 6) is -0.334. The Hall–Kier alpha value is -2.67. The first-order valence-corrected chi connectivity index (χ1v) is 8.68. The number of nitrogens with one attached hydrogen (secondary N) is 1. The zero-order valence-electron chi connectivity index (χ0n) is 15.4. The Bertz CT molecular complexity index is 834. The molecule has 1 rings (SSSR count). The van der Waals surface area contributed by atoms with Gasteiger partial charge in [0.25, 0.3) is 0 Å². The number of allylic oxidation sites excluding steroid dienone is 8. The maximum absolute atomic E-state index is 13.0. The van der Waals surface area contributed by atoms with E-state index in [1.807, 2.05) is 0 Å². The van der Waals surface area contributed by atoms with Crippen molar-refractivity contribution in [2.24, 2.45) is 0 Å². The lowest BCUT2D eigenvalue weighted by Gasteiger charge is -2.15. The molecule has 0 saturated heterocycles. The summed E-state index contributed by atoms with van der Waals surface area (Å²) in [6.07, 6.45) is 11.3. The van der Waals surface area contributed by atoms with Crippen molar-refractivity contribution < 1.29 is 13.6 Å². The van der Waals surface area contributed by atoms with Gasteiger partial charge in [-0.3, -0.25) is 9.48 Å². The quantitative estimate of drug-likeness (QED) is 0.339. The van der Waals surface area contributed by atoms with Gasteiger partial charge in [-0.15, -0.1) is 0 Å². The minimum Gasteiger partial charge on any atom is -0.333 e. The number of hydrogen-bond donors (Lipinski definition) is 1. The summed E-state index contributed by atoms with van der Waals surface area (Å²) in [4.78, 5) is 10.3. The van der Waals surface area contributed by atoms with Crippen molar-refractivity contribution in [3.8, 4) is 0 Å². The highest BCUT2D eigenvalue weighted by atomic mass is 32.1. The van der Waals surface area contributed by atoms with Crippen LogP contribution in [0, 0.1) is 4.51 Å². The molecule has 1 N–H and O–H groups in total. The standard InChI is InChI=1S/C20H23F2N3OS/c1-15(5-4-6-17(3)23-14-26)13-19-20(27)10-12-25(24-19)18(9-11-21)8-7-16(2)22/h4-7,9-12,14,18H,1,8,13H2,2-3H3,(H,23,26)/b5-4-,11-9+,16-7+,17-6+. The molecule has 7 heteroatoms. The molecular weight excluding hydrogens is 368 g/mol. The number of nitrogens with zero attached hydrogens (tertiary/aromatic N) is 2. The largest absolute Gasteiger partial charge is 0.333 e. The second-order valence-corrected chi connectivity index (χ2v) is 6.26. The number of hydrogen-bond acceptors (Lipinski definition) is 3. The third kappa shape index (κ3) is 8.50. The molecule has 1 atom stereocenters. The van der Waals surface area contributed by atoms with E-state index in [-0.39, 0.29) is 12.2 Å². The van der Waals surface area contributed by atoms with Crippen LogP contribution in [0.3, 0.4) is 0 Å². The van der Waals surface area contributed by atoms with Gasteiger partial charge >= 0.3 is 0 Å². The number of aromatic nitrogens is 2. The van der Waals surface area contributed by atoms with Gasteiger partial charge in [0, 0.05) is 18.3 Å². The molecule has 27 heavy (non-hydrogen) atoms. The third-order valence-electron chi connectivity index (χ3n) is 3.53. The van der Waals surface area contributed by atoms with Crippen molar-refractivity contribution in [3.63, 3.8) is 0 Å². The topological polar surface area (TPSA) is 46.9 Å². The predicted octanol–water partition coefficient (Wildman–Crippen LogP) is 5.20. The second kappa shape index (κ2) is 11.9. The monoisotopic (exact) mass is 391 g/mol. The number of carbonyl (C=O) groups excluding carboxylic acids is 1. The SMILES string of the molecule is C=C(/C=C\C=C(/C)NC=O)Cc1nn(C(/C=C/F)C/C=C(\C)F)ccc1=S. The predicted molar refractivity (Wildman–Crippen MR) is 107 cm³/mol. The van der Waals surface area contributed by atoms with E-state index in [0.717, 1.165) is 5.57 Å². The van der Waals surface area contributed by atoms with E-state index in [2.05, 4.69) is 17.0 Å². The lowest BCUT2D eigenvalue weighted by atomic mass is 10.1. The van der Waals surface area contributed by atoms with Crippen molar-refractivity contribution in [1.29, 1.82) is 0 Å². The molecule has 0 bridgehead atoms. The van der Waals surface area contributed by atoms with E-state index in [4.69, 9.17) is 12.2 Å². The van der Waals surface area contributed by atoms with Crippen LogP contribution in [-0.2, 0) is 11.2 Å². The average molecular weight is 391 g/mol. The molecule has 1 aromatic heterocycles. The maximum Gasteiger partial charge on any atom is 0.211 e. The van der Waals surface area contributed by atoms with Crippen molar-refractivity contribution in [1.82, 2.24) is 15.1 Å². The molecule has 0 spiro atoms. The first-order valence-electron chi connectivity index (χ1n) is 8.27. The minimum absolute atomic E-state index is 0.269. The third-order valence-corrected chi connectivity index (χ3v) is 3.91. The first-order chi connectivity index (χ1) is 12.9. The fourth-order valence-electron chi connectivity index (χ4n) is 2.15. The van der Waals surface area contributed by atoms with E-state index < -0.39 is 6.04 Å². The molecule has 1 aromatic rings. The molecule has 0 fully saturated rings. The Morgan fingerprint density at radius 2 is 2.22 bits per heavy atom. The highest BCUT2D eigenvalue weighted by Gasteiger charge is 2.09. The van der Waals surface area contributed by atoms with E-state index in [1.54, 1.807) is 42.1 Å². The highest BCUT2D eigenvalue weighted by Crippen LogP contribution is 2.17. The molecule has 0 saturated carbocycles. The summed E-state index contributed by atoms with van der Waals surface area (Å²) in [5.41, 5.74) is 2.08. The number of carbonyl (C=O) groups is 1. The summed E-state index contributed by atoms with van der Waals surface area (Å²) in [6.45, 7) is 7.07. The summed E-state index contributed by atoms with van der Waals surface area (Å²) < 4.78 is 27.8. The molecule has 0 aliphatic heterocycles. The molecular formula is C20H23F2N3OS. The lowest BCUT2D eigenvalue weighted by molar-refractivity contribution is -0.108. The molecule has 1 heterocycles. The molecule has 0 aliphatic rings. The molecule has 1 unspecified atom stereocenters. The first kappa shape index (κ1) is 22.4. The van der Waals surface area contributed by atoms with Crippen LogP contribution in [0.25, 0.3) is 0 Å². The average Bonchev–Trinajstić information content (AvgIpc) is 2.60. The van der Waals surface area contributed by atoms with Gasteiger partial charge in [0.1, 0.15) is 0 Å². The van der Waals surface area contributed by atoms with Gasteiger partial charge in [0.05, 0.1) is 28.4 Å². The van der Waals surface area contributed by atoms with Crippen LogP contribution < -0.4 is 5.32 Å². The Labute approximate surface area is 163 Å². The maximum atomic E-state index is 13.0. The zero-order chi connectivity index (χ0) is 20.2. The summed E-state index contributed by atoms with van der Waals surface area (Å²) in [7, 11) is 0. The van der Waals surface area contributed by atoms with E-state index in [9.17, 15) is 13.6 Å². The fourth-order valence-corrected chi connectivity index (χ4v) is 2.33. The summed E-state index contributed by atoms with van der Waals surface area (Å²) >= 11 is 5.31. The van der Waals surface area contributed by atoms with Crippen LogP contribution in [0.2, 0.25) is 0 Å². The minimum atomic E-state index is -0.459. The van der Waals surface area contributed by atoms with Gasteiger partial charge in [0.2, 0.25) is 6.41 Å².